The van der Waals surface area contributed by atoms with E-state index in [1.165, 1.54) is 11.0 Å². The number of benzene rings is 1. The van der Waals surface area contributed by atoms with Gasteiger partial charge in [0, 0.05) is 23.8 Å². The van der Waals surface area contributed by atoms with Crippen molar-refractivity contribution in [1.29, 1.82) is 0 Å². The fourth-order valence-corrected chi connectivity index (χ4v) is 2.41. The van der Waals surface area contributed by atoms with Crippen molar-refractivity contribution >= 4 is 35.0 Å². The highest BCUT2D eigenvalue weighted by atomic mass is 35.5. The van der Waals surface area contributed by atoms with Crippen molar-refractivity contribution in [3.63, 3.8) is 0 Å². The monoisotopic (exact) mass is 349 g/mol. The summed E-state index contributed by atoms with van der Waals surface area (Å²) in [6, 6.07) is 9.07. The van der Waals surface area contributed by atoms with Crippen LogP contribution in [0, 0.1) is 16.0 Å². The average molecular weight is 350 g/mol. The van der Waals surface area contributed by atoms with E-state index >= 15 is 0 Å². The number of hydrogen-bond acceptors (Lipinski definition) is 5. The van der Waals surface area contributed by atoms with Gasteiger partial charge in [-0.2, -0.15) is 0 Å². The van der Waals surface area contributed by atoms with Gasteiger partial charge in [-0.25, -0.2) is 0 Å². The van der Waals surface area contributed by atoms with Crippen LogP contribution < -0.4 is 5.32 Å². The van der Waals surface area contributed by atoms with Crippen LogP contribution in [0.25, 0.3) is 0 Å². The van der Waals surface area contributed by atoms with Crippen LogP contribution in [0.4, 0.5) is 11.6 Å². The van der Waals surface area contributed by atoms with Crippen molar-refractivity contribution in [2.45, 2.75) is 0 Å². The average Bonchev–Trinajstić information content (AvgIpc) is 2.98. The molecule has 124 valence electrons. The molecular formula is C15H12ClN3O5. The molecule has 9 heteroatoms. The molecule has 2 amide bonds. The minimum atomic E-state index is -0.713. The standard InChI is InChI=1S/C15H12ClN3O5/c16-10-1-3-11(4-2-10)17-14(20)9-7-18(8-9)15(21)12-5-6-13(24-12)19(22)23/h1-6,9H,7-8H2,(H,17,20). The summed E-state index contributed by atoms with van der Waals surface area (Å²) in [5.41, 5.74) is 0.621. The van der Waals surface area contributed by atoms with Gasteiger partial charge in [0.25, 0.3) is 5.91 Å². The van der Waals surface area contributed by atoms with E-state index < -0.39 is 16.7 Å². The summed E-state index contributed by atoms with van der Waals surface area (Å²) >= 11 is 5.77. The summed E-state index contributed by atoms with van der Waals surface area (Å²) in [5, 5.41) is 13.9. The lowest BCUT2D eigenvalue weighted by atomic mass is 9.98. The van der Waals surface area contributed by atoms with Gasteiger partial charge in [-0.3, -0.25) is 19.7 Å². The fraction of sp³-hybridized carbons (Fsp3) is 0.200. The number of carbonyl (C=O) groups is 2. The number of anilines is 1. The van der Waals surface area contributed by atoms with Crippen molar-refractivity contribution in [3.05, 3.63) is 57.3 Å². The van der Waals surface area contributed by atoms with Crippen LogP contribution in [0.1, 0.15) is 10.6 Å². The quantitative estimate of drug-likeness (QED) is 0.674. The van der Waals surface area contributed by atoms with Gasteiger partial charge in [-0.1, -0.05) is 11.6 Å². The van der Waals surface area contributed by atoms with E-state index in [4.69, 9.17) is 16.0 Å². The smallest absolute Gasteiger partial charge is 0.395 e. The number of hydrogen-bond donors (Lipinski definition) is 1. The van der Waals surface area contributed by atoms with Gasteiger partial charge in [0.05, 0.1) is 12.0 Å². The molecule has 2 heterocycles. The Morgan fingerprint density at radius 1 is 1.21 bits per heavy atom. The van der Waals surface area contributed by atoms with Gasteiger partial charge in [0.15, 0.2) is 5.76 Å². The zero-order valence-corrected chi connectivity index (χ0v) is 13.0. The first-order valence-corrected chi connectivity index (χ1v) is 7.42. The van der Waals surface area contributed by atoms with Gasteiger partial charge < -0.3 is 14.6 Å². The molecule has 0 radical (unpaired) electrons. The minimum Gasteiger partial charge on any atom is -0.395 e. The number of furan rings is 1. The van der Waals surface area contributed by atoms with Crippen molar-refractivity contribution < 1.29 is 18.9 Å². The molecule has 0 saturated carbocycles. The maximum atomic E-state index is 12.1. The second kappa shape index (κ2) is 6.32. The van der Waals surface area contributed by atoms with Crippen molar-refractivity contribution in [3.8, 4) is 0 Å². The maximum absolute atomic E-state index is 12.1. The maximum Gasteiger partial charge on any atom is 0.433 e. The van der Waals surface area contributed by atoms with E-state index in [9.17, 15) is 19.7 Å². The Morgan fingerprint density at radius 2 is 1.88 bits per heavy atom. The lowest BCUT2D eigenvalue weighted by molar-refractivity contribution is -0.402. The van der Waals surface area contributed by atoms with Crippen LogP contribution in [-0.2, 0) is 4.79 Å². The summed E-state index contributed by atoms with van der Waals surface area (Å²) in [4.78, 5) is 35.4. The molecule has 1 N–H and O–H groups in total. The molecule has 1 aromatic heterocycles. The molecule has 0 spiro atoms. The Hall–Kier alpha value is -2.87. The highest BCUT2D eigenvalue weighted by Crippen LogP contribution is 2.23. The molecule has 1 aliphatic rings. The third-order valence-corrected chi connectivity index (χ3v) is 3.89. The SMILES string of the molecule is O=C(Nc1ccc(Cl)cc1)C1CN(C(=O)c2ccc([N+](=O)[O-])o2)C1. The number of rotatable bonds is 4. The Kier molecular flexibility index (Phi) is 4.22. The molecule has 24 heavy (non-hydrogen) atoms. The number of nitrogens with one attached hydrogen (secondary N) is 1. The van der Waals surface area contributed by atoms with Crippen molar-refractivity contribution in [2.24, 2.45) is 5.92 Å². The summed E-state index contributed by atoms with van der Waals surface area (Å²) < 4.78 is 4.86. The van der Waals surface area contributed by atoms with Crippen LogP contribution in [-0.4, -0.2) is 34.7 Å². The molecule has 1 aliphatic heterocycles. The second-order valence-corrected chi connectivity index (χ2v) is 5.73. The molecule has 3 rings (SSSR count). The Labute approximate surface area is 141 Å². The van der Waals surface area contributed by atoms with Gasteiger partial charge in [-0.15, -0.1) is 0 Å². The van der Waals surface area contributed by atoms with Gasteiger partial charge in [-0.05, 0) is 30.3 Å². The highest BCUT2D eigenvalue weighted by molar-refractivity contribution is 6.30. The molecule has 0 bridgehead atoms. The lowest BCUT2D eigenvalue weighted by Crippen LogP contribution is -2.54. The topological polar surface area (TPSA) is 106 Å². The molecule has 8 nitrogen and oxygen atoms in total. The predicted octanol–water partition coefficient (Wildman–Crippen LogP) is 2.55. The number of nitro groups is 1. The van der Waals surface area contributed by atoms with Gasteiger partial charge in [0.2, 0.25) is 5.91 Å². The number of carbonyl (C=O) groups excluding carboxylic acids is 2. The molecule has 0 atom stereocenters. The Morgan fingerprint density at radius 3 is 2.46 bits per heavy atom. The van der Waals surface area contributed by atoms with E-state index in [0.29, 0.717) is 10.7 Å². The summed E-state index contributed by atoms with van der Waals surface area (Å²) in [6.07, 6.45) is 0. The molecule has 0 aliphatic carbocycles. The first-order valence-electron chi connectivity index (χ1n) is 7.04. The van der Waals surface area contributed by atoms with Crippen LogP contribution in [0.2, 0.25) is 5.02 Å². The van der Waals surface area contributed by atoms with Crippen LogP contribution in [0.3, 0.4) is 0 Å². The van der Waals surface area contributed by atoms with Gasteiger partial charge >= 0.3 is 5.88 Å². The molecule has 0 unspecified atom stereocenters. The highest BCUT2D eigenvalue weighted by Gasteiger charge is 2.37. The Balaban J connectivity index is 1.54. The van der Waals surface area contributed by atoms with E-state index in [1.807, 2.05) is 0 Å². The van der Waals surface area contributed by atoms with Crippen molar-refractivity contribution in [1.82, 2.24) is 4.90 Å². The number of amides is 2. The van der Waals surface area contributed by atoms with Crippen LogP contribution in [0.15, 0.2) is 40.8 Å². The zero-order valence-electron chi connectivity index (χ0n) is 12.3. The summed E-state index contributed by atoms with van der Waals surface area (Å²) in [5.74, 6) is -1.62. The lowest BCUT2D eigenvalue weighted by Gasteiger charge is -2.37. The molecular weight excluding hydrogens is 338 g/mol. The third kappa shape index (κ3) is 3.23. The molecule has 1 aromatic carbocycles. The van der Waals surface area contributed by atoms with Gasteiger partial charge in [0.1, 0.15) is 4.92 Å². The van der Waals surface area contributed by atoms with E-state index in [0.717, 1.165) is 6.07 Å². The molecule has 1 fully saturated rings. The van der Waals surface area contributed by atoms with Crippen LogP contribution >= 0.6 is 11.6 Å². The minimum absolute atomic E-state index is 0.113. The largest absolute Gasteiger partial charge is 0.433 e. The fourth-order valence-electron chi connectivity index (χ4n) is 2.28. The normalized spacial score (nSPS) is 14.1. The zero-order chi connectivity index (χ0) is 17.3. The van der Waals surface area contributed by atoms with E-state index in [-0.39, 0.29) is 30.7 Å². The number of halogens is 1. The van der Waals surface area contributed by atoms with Crippen molar-refractivity contribution in [2.75, 3.05) is 18.4 Å². The first kappa shape index (κ1) is 16.0. The first-order chi connectivity index (χ1) is 11.4. The summed E-state index contributed by atoms with van der Waals surface area (Å²) in [6.45, 7) is 0.458. The summed E-state index contributed by atoms with van der Waals surface area (Å²) in [7, 11) is 0. The Bertz CT molecular complexity index is 796. The van der Waals surface area contributed by atoms with Crippen LogP contribution in [0.5, 0.6) is 0 Å². The predicted molar refractivity (Wildman–Crippen MR) is 84.8 cm³/mol. The number of nitrogens with zero attached hydrogens (tertiary/aromatic N) is 2. The molecule has 2 aromatic rings. The third-order valence-electron chi connectivity index (χ3n) is 3.63. The van der Waals surface area contributed by atoms with E-state index in [1.54, 1.807) is 24.3 Å². The number of likely N-dealkylation sites (tertiary alicyclic amines) is 1. The second-order valence-electron chi connectivity index (χ2n) is 5.30. The molecule has 1 saturated heterocycles. The van der Waals surface area contributed by atoms with E-state index in [2.05, 4.69) is 5.32 Å².